The second-order valence-electron chi connectivity index (χ2n) is 10.3. The largest absolute Gasteiger partial charge is 0.444 e. The molecule has 8 heteroatoms. The molecule has 4 rings (SSSR count). The highest BCUT2D eigenvalue weighted by Gasteiger charge is 2.42. The van der Waals surface area contributed by atoms with Gasteiger partial charge in [0.05, 0.1) is 18.2 Å². The van der Waals surface area contributed by atoms with Crippen LogP contribution in [0.25, 0.3) is 0 Å². The van der Waals surface area contributed by atoms with Crippen molar-refractivity contribution in [3.05, 3.63) is 70.8 Å². The van der Waals surface area contributed by atoms with Gasteiger partial charge in [0.25, 0.3) is 0 Å². The van der Waals surface area contributed by atoms with Crippen LogP contribution in [-0.2, 0) is 20.7 Å². The average molecular weight is 487 g/mol. The number of carbonyl (C=O) groups excluding carboxylic acids is 2. The lowest BCUT2D eigenvalue weighted by Gasteiger charge is -2.43. The zero-order valence-corrected chi connectivity index (χ0v) is 20.5. The number of amides is 1. The van der Waals surface area contributed by atoms with E-state index in [-0.39, 0.29) is 29.8 Å². The Balaban J connectivity index is 1.57. The number of benzene rings is 2. The summed E-state index contributed by atoms with van der Waals surface area (Å²) in [6.07, 6.45) is 0.126. The minimum atomic E-state index is -0.854. The Morgan fingerprint density at radius 1 is 1.14 bits per heavy atom. The van der Waals surface area contributed by atoms with Crippen LogP contribution in [0.2, 0.25) is 0 Å². The number of hydrogen-bond donors (Lipinski definition) is 1. The van der Waals surface area contributed by atoms with Gasteiger partial charge in [0.15, 0.2) is 5.78 Å². The number of halogens is 2. The van der Waals surface area contributed by atoms with Gasteiger partial charge in [-0.2, -0.15) is 0 Å². The number of likely N-dealkylation sites (tertiary alicyclic amines) is 1. The summed E-state index contributed by atoms with van der Waals surface area (Å²) in [4.78, 5) is 28.1. The lowest BCUT2D eigenvalue weighted by Crippen LogP contribution is -2.55. The van der Waals surface area contributed by atoms with Crippen molar-refractivity contribution in [3.8, 4) is 0 Å². The van der Waals surface area contributed by atoms with E-state index in [1.54, 1.807) is 27.9 Å². The number of hydrogen-bond acceptors (Lipinski definition) is 5. The summed E-state index contributed by atoms with van der Waals surface area (Å²) < 4.78 is 39.2. The van der Waals surface area contributed by atoms with Gasteiger partial charge in [-0.1, -0.05) is 30.3 Å². The van der Waals surface area contributed by atoms with E-state index in [0.717, 1.165) is 17.2 Å². The van der Waals surface area contributed by atoms with Gasteiger partial charge >= 0.3 is 6.09 Å². The molecule has 1 unspecified atom stereocenters. The molecule has 0 saturated carbocycles. The Hall–Kier alpha value is -2.84. The summed E-state index contributed by atoms with van der Waals surface area (Å²) in [6, 6.07) is 9.81. The topological polar surface area (TPSA) is 67.9 Å². The number of alkyl carbamates (subject to hydrolysis) is 1. The first-order valence-corrected chi connectivity index (χ1v) is 11.9. The maximum absolute atomic E-state index is 14.8. The predicted octanol–water partition coefficient (Wildman–Crippen LogP) is 4.73. The Morgan fingerprint density at radius 2 is 1.86 bits per heavy atom. The van der Waals surface area contributed by atoms with Crippen LogP contribution in [0.4, 0.5) is 13.6 Å². The molecule has 0 aromatic heterocycles. The first kappa shape index (κ1) is 25.3. The van der Waals surface area contributed by atoms with Crippen LogP contribution in [0.5, 0.6) is 0 Å². The average Bonchev–Trinajstić information content (AvgIpc) is 3.06. The van der Waals surface area contributed by atoms with Gasteiger partial charge < -0.3 is 14.8 Å². The quantitative estimate of drug-likeness (QED) is 0.613. The molecule has 2 aromatic rings. The van der Waals surface area contributed by atoms with E-state index in [1.807, 2.05) is 29.2 Å². The van der Waals surface area contributed by atoms with Crippen LogP contribution < -0.4 is 5.32 Å². The minimum Gasteiger partial charge on any atom is -0.444 e. The van der Waals surface area contributed by atoms with Crippen molar-refractivity contribution in [2.45, 2.75) is 57.4 Å². The number of ketones is 1. The van der Waals surface area contributed by atoms with Crippen LogP contribution >= 0.6 is 0 Å². The lowest BCUT2D eigenvalue weighted by atomic mass is 9.88. The Labute approximate surface area is 204 Å². The third kappa shape index (κ3) is 5.70. The molecule has 2 aromatic carbocycles. The summed E-state index contributed by atoms with van der Waals surface area (Å²) in [5, 5.41) is 2.95. The third-order valence-electron chi connectivity index (χ3n) is 6.62. The van der Waals surface area contributed by atoms with Gasteiger partial charge in [-0.15, -0.1) is 0 Å². The summed E-state index contributed by atoms with van der Waals surface area (Å²) >= 11 is 0. The fraction of sp³-hybridized carbons (Fsp3) is 0.481. The van der Waals surface area contributed by atoms with Crippen molar-refractivity contribution in [2.75, 3.05) is 20.2 Å². The molecule has 1 N–H and O–H groups in total. The summed E-state index contributed by atoms with van der Waals surface area (Å²) in [6.45, 7) is 6.33. The molecule has 3 atom stereocenters. The molecule has 0 bridgehead atoms. The molecule has 1 amide bonds. The molecule has 1 saturated heterocycles. The van der Waals surface area contributed by atoms with Crippen LogP contribution in [0.1, 0.15) is 56.0 Å². The molecule has 1 aliphatic carbocycles. The summed E-state index contributed by atoms with van der Waals surface area (Å²) in [5.74, 6) is -1.84. The highest BCUT2D eigenvalue weighted by molar-refractivity contribution is 5.86. The van der Waals surface area contributed by atoms with E-state index in [2.05, 4.69) is 5.32 Å². The number of methoxy groups -OCH3 is 1. The predicted molar refractivity (Wildman–Crippen MR) is 127 cm³/mol. The van der Waals surface area contributed by atoms with E-state index in [1.165, 1.54) is 12.1 Å². The Bertz CT molecular complexity index is 1090. The van der Waals surface area contributed by atoms with E-state index >= 15 is 0 Å². The maximum atomic E-state index is 14.8. The normalized spacial score (nSPS) is 21.2. The molecular formula is C27H32F2N2O4. The second-order valence-corrected chi connectivity index (χ2v) is 10.3. The zero-order valence-electron chi connectivity index (χ0n) is 20.5. The van der Waals surface area contributed by atoms with Crippen molar-refractivity contribution in [1.82, 2.24) is 10.2 Å². The zero-order chi connectivity index (χ0) is 25.3. The minimum absolute atomic E-state index is 0.0360. The van der Waals surface area contributed by atoms with Crippen molar-refractivity contribution in [3.63, 3.8) is 0 Å². The third-order valence-corrected chi connectivity index (χ3v) is 6.62. The molecule has 35 heavy (non-hydrogen) atoms. The monoisotopic (exact) mass is 486 g/mol. The number of rotatable bonds is 7. The molecule has 1 heterocycles. The highest BCUT2D eigenvalue weighted by atomic mass is 19.1. The van der Waals surface area contributed by atoms with Gasteiger partial charge in [-0.3, -0.25) is 9.69 Å². The van der Waals surface area contributed by atoms with Crippen LogP contribution in [-0.4, -0.2) is 48.7 Å². The number of carbonyl (C=O) groups is 2. The van der Waals surface area contributed by atoms with Crippen molar-refractivity contribution >= 4 is 11.9 Å². The van der Waals surface area contributed by atoms with E-state index in [0.29, 0.717) is 19.5 Å². The van der Waals surface area contributed by atoms with Crippen LogP contribution in [0, 0.1) is 17.6 Å². The maximum Gasteiger partial charge on any atom is 0.408 e. The molecule has 0 spiro atoms. The van der Waals surface area contributed by atoms with Crippen molar-refractivity contribution in [2.24, 2.45) is 5.92 Å². The Morgan fingerprint density at radius 3 is 2.51 bits per heavy atom. The highest BCUT2D eigenvalue weighted by Crippen LogP contribution is 2.40. The number of nitrogens with zero attached hydrogens (tertiary/aromatic N) is 1. The number of nitrogens with one attached hydrogen (secondary N) is 1. The molecule has 6 nitrogen and oxygen atoms in total. The smallest absolute Gasteiger partial charge is 0.408 e. The van der Waals surface area contributed by atoms with Crippen molar-refractivity contribution < 1.29 is 27.8 Å². The number of ether oxygens (including phenoxy) is 2. The van der Waals surface area contributed by atoms with Gasteiger partial charge in [-0.05, 0) is 50.3 Å². The molecular weight excluding hydrogens is 454 g/mol. The van der Waals surface area contributed by atoms with Crippen LogP contribution in [0.15, 0.2) is 42.5 Å². The number of fused-ring (bicyclic) bond motifs is 1. The van der Waals surface area contributed by atoms with Crippen molar-refractivity contribution in [1.29, 1.82) is 0 Å². The molecule has 2 aliphatic rings. The first-order chi connectivity index (χ1) is 16.6. The van der Waals surface area contributed by atoms with Gasteiger partial charge in [-0.25, -0.2) is 13.6 Å². The first-order valence-electron chi connectivity index (χ1n) is 11.9. The molecule has 0 radical (unpaired) electrons. The second kappa shape index (κ2) is 10.0. The molecule has 1 fully saturated rings. The lowest BCUT2D eigenvalue weighted by molar-refractivity contribution is -0.132. The number of Topliss-reactive ketones (excluding diaryl/α,β-unsaturated/α-hetero) is 1. The van der Waals surface area contributed by atoms with E-state index in [4.69, 9.17) is 9.47 Å². The fourth-order valence-electron chi connectivity index (χ4n) is 4.99. The molecule has 188 valence electrons. The van der Waals surface area contributed by atoms with Gasteiger partial charge in [0.2, 0.25) is 0 Å². The Kier molecular flexibility index (Phi) is 7.24. The van der Waals surface area contributed by atoms with E-state index < -0.39 is 35.4 Å². The SMILES string of the molecule is COC1CN(C(C(=O)C[C@H]2Cc3ccccc3[C@@H]2NC(=O)OC(C)(C)C)c2ccc(F)cc2F)C1. The fourth-order valence-corrected chi connectivity index (χ4v) is 4.99. The molecule has 1 aliphatic heterocycles. The van der Waals surface area contributed by atoms with E-state index in [9.17, 15) is 18.4 Å². The van der Waals surface area contributed by atoms with Gasteiger partial charge in [0.1, 0.15) is 17.2 Å². The summed E-state index contributed by atoms with van der Waals surface area (Å²) in [5.41, 5.74) is 1.50. The standard InChI is InChI=1S/C27H32F2N2O4/c1-27(2,3)35-26(33)30-24-17(11-16-7-5-6-8-20(16)24)12-23(32)25(31-14-19(15-31)34-4)21-10-9-18(28)13-22(21)29/h5-10,13,17,19,24-25H,11-12,14-15H2,1-4H3,(H,30,33)/t17-,24-,25?/m1/s1. The van der Waals surface area contributed by atoms with Gasteiger partial charge in [0, 0.05) is 38.2 Å². The summed E-state index contributed by atoms with van der Waals surface area (Å²) in [7, 11) is 1.60. The van der Waals surface area contributed by atoms with Crippen LogP contribution in [0.3, 0.4) is 0 Å².